The molecule has 2 heterocycles. The molecule has 1 amide bonds. The first-order chi connectivity index (χ1) is 8.16. The van der Waals surface area contributed by atoms with Crippen LogP contribution >= 0.6 is 0 Å². The molecule has 1 saturated heterocycles. The number of hydrogen-bond donors (Lipinski definition) is 2. The Hall–Kier alpha value is -1.69. The number of aromatic nitrogens is 2. The molecule has 17 heavy (non-hydrogen) atoms. The Bertz CT molecular complexity index is 393. The fourth-order valence-corrected chi connectivity index (χ4v) is 1.82. The average molecular weight is 236 g/mol. The van der Waals surface area contributed by atoms with Crippen molar-refractivity contribution in [3.8, 4) is 0 Å². The SMILES string of the molecule is CC1OCCC1CNC(=O)c1ccc(N)nn1. The van der Waals surface area contributed by atoms with E-state index >= 15 is 0 Å². The highest BCUT2D eigenvalue weighted by atomic mass is 16.5. The van der Waals surface area contributed by atoms with E-state index in [0.29, 0.717) is 18.3 Å². The summed E-state index contributed by atoms with van der Waals surface area (Å²) in [7, 11) is 0. The summed E-state index contributed by atoms with van der Waals surface area (Å²) in [6.45, 7) is 3.39. The van der Waals surface area contributed by atoms with E-state index in [2.05, 4.69) is 15.5 Å². The maximum atomic E-state index is 11.7. The van der Waals surface area contributed by atoms with Gasteiger partial charge in [-0.1, -0.05) is 0 Å². The molecule has 0 aliphatic carbocycles. The van der Waals surface area contributed by atoms with Gasteiger partial charge in [-0.15, -0.1) is 10.2 Å². The number of ether oxygens (including phenoxy) is 1. The summed E-state index contributed by atoms with van der Waals surface area (Å²) in [5, 5.41) is 10.2. The molecule has 0 spiro atoms. The Morgan fingerprint density at radius 2 is 2.41 bits per heavy atom. The molecular formula is C11H16N4O2. The van der Waals surface area contributed by atoms with Gasteiger partial charge in [-0.3, -0.25) is 4.79 Å². The number of nitrogen functional groups attached to an aromatic ring is 1. The monoisotopic (exact) mass is 236 g/mol. The average Bonchev–Trinajstić information content (AvgIpc) is 2.73. The highest BCUT2D eigenvalue weighted by Crippen LogP contribution is 2.19. The zero-order valence-corrected chi connectivity index (χ0v) is 9.72. The van der Waals surface area contributed by atoms with Crippen LogP contribution in [-0.2, 0) is 4.74 Å². The third-order valence-electron chi connectivity index (χ3n) is 2.98. The number of anilines is 1. The number of hydrogen-bond acceptors (Lipinski definition) is 5. The predicted octanol–water partition coefficient (Wildman–Crippen LogP) is 0.214. The van der Waals surface area contributed by atoms with Crippen molar-refractivity contribution in [3.63, 3.8) is 0 Å². The fraction of sp³-hybridized carbons (Fsp3) is 0.545. The predicted molar refractivity (Wildman–Crippen MR) is 62.3 cm³/mol. The Morgan fingerprint density at radius 1 is 1.59 bits per heavy atom. The van der Waals surface area contributed by atoms with Crippen molar-refractivity contribution in [2.75, 3.05) is 18.9 Å². The number of amides is 1. The molecule has 2 unspecified atom stereocenters. The summed E-state index contributed by atoms with van der Waals surface area (Å²) in [5.74, 6) is 0.455. The quantitative estimate of drug-likeness (QED) is 0.783. The van der Waals surface area contributed by atoms with Crippen molar-refractivity contribution < 1.29 is 9.53 Å². The third kappa shape index (κ3) is 2.91. The highest BCUT2D eigenvalue weighted by Gasteiger charge is 2.24. The van der Waals surface area contributed by atoms with Crippen molar-refractivity contribution in [2.45, 2.75) is 19.4 Å². The molecule has 1 aromatic heterocycles. The number of rotatable bonds is 3. The van der Waals surface area contributed by atoms with Gasteiger partial charge in [-0.25, -0.2) is 0 Å². The van der Waals surface area contributed by atoms with Crippen molar-refractivity contribution in [1.82, 2.24) is 15.5 Å². The van der Waals surface area contributed by atoms with Crippen molar-refractivity contribution in [1.29, 1.82) is 0 Å². The van der Waals surface area contributed by atoms with Crippen LogP contribution in [0.2, 0.25) is 0 Å². The van der Waals surface area contributed by atoms with Gasteiger partial charge >= 0.3 is 0 Å². The number of nitrogens with zero attached hydrogens (tertiary/aromatic N) is 2. The van der Waals surface area contributed by atoms with E-state index in [-0.39, 0.29) is 17.7 Å². The molecule has 0 radical (unpaired) electrons. The molecule has 6 heteroatoms. The lowest BCUT2D eigenvalue weighted by atomic mass is 10.0. The van der Waals surface area contributed by atoms with Crippen molar-refractivity contribution in [2.24, 2.45) is 5.92 Å². The molecular weight excluding hydrogens is 220 g/mol. The molecule has 6 nitrogen and oxygen atoms in total. The molecule has 1 aromatic rings. The van der Waals surface area contributed by atoms with Crippen LogP contribution in [-0.4, -0.2) is 35.4 Å². The van der Waals surface area contributed by atoms with Crippen LogP contribution in [0.15, 0.2) is 12.1 Å². The van der Waals surface area contributed by atoms with Crippen molar-refractivity contribution >= 4 is 11.7 Å². The van der Waals surface area contributed by atoms with E-state index in [1.165, 1.54) is 0 Å². The number of carbonyl (C=O) groups excluding carboxylic acids is 1. The smallest absolute Gasteiger partial charge is 0.271 e. The molecule has 0 saturated carbocycles. The van der Waals surface area contributed by atoms with Crippen LogP contribution in [0.25, 0.3) is 0 Å². The first kappa shape index (κ1) is 11.8. The lowest BCUT2D eigenvalue weighted by Crippen LogP contribution is -2.32. The second-order valence-corrected chi connectivity index (χ2v) is 4.18. The van der Waals surface area contributed by atoms with Crippen LogP contribution in [0.3, 0.4) is 0 Å². The summed E-state index contributed by atoms with van der Waals surface area (Å²) in [5.41, 5.74) is 5.68. The van der Waals surface area contributed by atoms with Gasteiger partial charge in [0, 0.05) is 19.1 Å². The molecule has 0 bridgehead atoms. The topological polar surface area (TPSA) is 90.1 Å². The Kier molecular flexibility index (Phi) is 3.53. The summed E-state index contributed by atoms with van der Waals surface area (Å²) in [6.07, 6.45) is 1.18. The van der Waals surface area contributed by atoms with E-state index in [0.717, 1.165) is 13.0 Å². The van der Waals surface area contributed by atoms with Crippen LogP contribution in [0.1, 0.15) is 23.8 Å². The second-order valence-electron chi connectivity index (χ2n) is 4.18. The van der Waals surface area contributed by atoms with Crippen LogP contribution in [0.5, 0.6) is 0 Å². The summed E-state index contributed by atoms with van der Waals surface area (Å²) >= 11 is 0. The van der Waals surface area contributed by atoms with Crippen LogP contribution < -0.4 is 11.1 Å². The molecule has 92 valence electrons. The van der Waals surface area contributed by atoms with Gasteiger partial charge in [0.2, 0.25) is 0 Å². The minimum absolute atomic E-state index is 0.202. The van der Waals surface area contributed by atoms with E-state index in [1.807, 2.05) is 6.92 Å². The van der Waals surface area contributed by atoms with E-state index < -0.39 is 0 Å². The van der Waals surface area contributed by atoms with Crippen LogP contribution in [0, 0.1) is 5.92 Å². The molecule has 2 atom stereocenters. The maximum Gasteiger partial charge on any atom is 0.271 e. The fourth-order valence-electron chi connectivity index (χ4n) is 1.82. The zero-order chi connectivity index (χ0) is 12.3. The lowest BCUT2D eigenvalue weighted by molar-refractivity contribution is 0.0902. The van der Waals surface area contributed by atoms with Gasteiger partial charge in [-0.2, -0.15) is 0 Å². The van der Waals surface area contributed by atoms with Crippen molar-refractivity contribution in [3.05, 3.63) is 17.8 Å². The Balaban J connectivity index is 1.87. The minimum Gasteiger partial charge on any atom is -0.382 e. The summed E-state index contributed by atoms with van der Waals surface area (Å²) in [4.78, 5) is 11.7. The number of nitrogens with one attached hydrogen (secondary N) is 1. The zero-order valence-electron chi connectivity index (χ0n) is 9.72. The van der Waals surface area contributed by atoms with E-state index in [4.69, 9.17) is 10.5 Å². The van der Waals surface area contributed by atoms with Gasteiger partial charge in [0.1, 0.15) is 5.82 Å². The van der Waals surface area contributed by atoms with Crippen LogP contribution in [0.4, 0.5) is 5.82 Å². The number of carbonyl (C=O) groups is 1. The largest absolute Gasteiger partial charge is 0.382 e. The first-order valence-corrected chi connectivity index (χ1v) is 5.66. The Morgan fingerprint density at radius 3 is 3.00 bits per heavy atom. The van der Waals surface area contributed by atoms with Gasteiger partial charge in [0.05, 0.1) is 6.10 Å². The lowest BCUT2D eigenvalue weighted by Gasteiger charge is -2.14. The molecule has 2 rings (SSSR count). The maximum absolute atomic E-state index is 11.7. The van der Waals surface area contributed by atoms with Gasteiger partial charge in [0.25, 0.3) is 5.91 Å². The minimum atomic E-state index is -0.225. The van der Waals surface area contributed by atoms with E-state index in [9.17, 15) is 4.79 Å². The molecule has 0 aromatic carbocycles. The van der Waals surface area contributed by atoms with E-state index in [1.54, 1.807) is 12.1 Å². The summed E-state index contributed by atoms with van der Waals surface area (Å²) < 4.78 is 5.42. The van der Waals surface area contributed by atoms with Gasteiger partial charge < -0.3 is 15.8 Å². The molecule has 1 aliphatic rings. The highest BCUT2D eigenvalue weighted by molar-refractivity contribution is 5.92. The first-order valence-electron chi connectivity index (χ1n) is 5.66. The van der Waals surface area contributed by atoms with Gasteiger partial charge in [-0.05, 0) is 25.5 Å². The number of nitrogens with two attached hydrogens (primary N) is 1. The molecule has 1 fully saturated rings. The second kappa shape index (κ2) is 5.09. The summed E-state index contributed by atoms with van der Waals surface area (Å²) in [6, 6.07) is 3.12. The third-order valence-corrected chi connectivity index (χ3v) is 2.98. The molecule has 1 aliphatic heterocycles. The normalized spacial score (nSPS) is 23.6. The molecule has 3 N–H and O–H groups in total. The van der Waals surface area contributed by atoms with Gasteiger partial charge in [0.15, 0.2) is 5.69 Å². The Labute approximate surface area is 99.6 Å². The standard InChI is InChI=1S/C11H16N4O2/c1-7-8(4-5-17-7)6-13-11(16)9-2-3-10(12)15-14-9/h2-3,7-8H,4-6H2,1H3,(H2,12,15)(H,13,16).